The SMILES string of the molecule is O=C(O)C(Cc1ccc([N+](=O)[O-])cc1)C(=O)NS(=O)(=O)c1cccc(-c2ccccc2)c1. The number of rotatable bonds is 8. The van der Waals surface area contributed by atoms with Gasteiger partial charge in [-0.2, -0.15) is 0 Å². The van der Waals surface area contributed by atoms with Crippen molar-refractivity contribution in [1.82, 2.24) is 4.72 Å². The van der Waals surface area contributed by atoms with Gasteiger partial charge >= 0.3 is 5.97 Å². The zero-order chi connectivity index (χ0) is 23.3. The zero-order valence-electron chi connectivity index (χ0n) is 16.5. The highest BCUT2D eigenvalue weighted by Gasteiger charge is 2.30. The van der Waals surface area contributed by atoms with Crippen LogP contribution in [-0.2, 0) is 26.0 Å². The van der Waals surface area contributed by atoms with Crippen LogP contribution in [0.3, 0.4) is 0 Å². The molecule has 0 radical (unpaired) electrons. The van der Waals surface area contributed by atoms with Gasteiger partial charge in [-0.15, -0.1) is 0 Å². The lowest BCUT2D eigenvalue weighted by Gasteiger charge is -2.14. The Morgan fingerprint density at radius 1 is 0.938 bits per heavy atom. The summed E-state index contributed by atoms with van der Waals surface area (Å²) >= 11 is 0. The number of hydrogen-bond donors (Lipinski definition) is 2. The molecule has 10 heteroatoms. The van der Waals surface area contributed by atoms with E-state index in [0.717, 1.165) is 5.56 Å². The number of amides is 1. The predicted octanol–water partition coefficient (Wildman–Crippen LogP) is 3.01. The van der Waals surface area contributed by atoms with E-state index in [9.17, 15) is 33.2 Å². The molecule has 0 aliphatic carbocycles. The zero-order valence-corrected chi connectivity index (χ0v) is 17.4. The molecule has 0 aromatic heterocycles. The van der Waals surface area contributed by atoms with Crippen molar-refractivity contribution >= 4 is 27.6 Å². The van der Waals surface area contributed by atoms with Gasteiger partial charge in [-0.1, -0.05) is 54.6 Å². The van der Waals surface area contributed by atoms with Crippen molar-refractivity contribution in [2.75, 3.05) is 0 Å². The first-order valence-corrected chi connectivity index (χ1v) is 10.8. The van der Waals surface area contributed by atoms with Gasteiger partial charge in [0.25, 0.3) is 15.7 Å². The minimum atomic E-state index is -4.33. The number of carboxylic acid groups (broad SMARTS) is 1. The predicted molar refractivity (Wildman–Crippen MR) is 115 cm³/mol. The van der Waals surface area contributed by atoms with Gasteiger partial charge in [-0.25, -0.2) is 13.1 Å². The maximum Gasteiger partial charge on any atom is 0.316 e. The molecule has 164 valence electrons. The average molecular weight is 454 g/mol. The van der Waals surface area contributed by atoms with E-state index in [1.807, 2.05) is 10.8 Å². The lowest BCUT2D eigenvalue weighted by atomic mass is 9.99. The van der Waals surface area contributed by atoms with E-state index in [1.54, 1.807) is 30.3 Å². The molecule has 0 saturated carbocycles. The minimum Gasteiger partial charge on any atom is -0.481 e. The Balaban J connectivity index is 1.80. The summed E-state index contributed by atoms with van der Waals surface area (Å²) < 4.78 is 27.3. The number of benzene rings is 3. The van der Waals surface area contributed by atoms with Crippen molar-refractivity contribution in [3.05, 3.63) is 94.5 Å². The Kier molecular flexibility index (Phi) is 6.64. The molecule has 0 spiro atoms. The number of carbonyl (C=O) groups excluding carboxylic acids is 1. The molecule has 0 aliphatic heterocycles. The lowest BCUT2D eigenvalue weighted by molar-refractivity contribution is -0.384. The molecule has 1 unspecified atom stereocenters. The molecule has 2 N–H and O–H groups in total. The Hall–Kier alpha value is -4.05. The Morgan fingerprint density at radius 3 is 2.16 bits per heavy atom. The van der Waals surface area contributed by atoms with Gasteiger partial charge in [0.15, 0.2) is 0 Å². The molecule has 0 bridgehead atoms. The first-order valence-electron chi connectivity index (χ1n) is 9.35. The summed E-state index contributed by atoms with van der Waals surface area (Å²) in [6.07, 6.45) is -0.335. The van der Waals surface area contributed by atoms with Crippen LogP contribution in [0.4, 0.5) is 5.69 Å². The number of nitrogens with zero attached hydrogens (tertiary/aromatic N) is 1. The normalized spacial score (nSPS) is 12.0. The van der Waals surface area contributed by atoms with Gasteiger partial charge in [0, 0.05) is 12.1 Å². The van der Waals surface area contributed by atoms with Crippen LogP contribution in [0.25, 0.3) is 11.1 Å². The van der Waals surface area contributed by atoms with Crippen molar-refractivity contribution in [3.63, 3.8) is 0 Å². The number of nitro groups is 1. The second-order valence-electron chi connectivity index (χ2n) is 6.88. The highest BCUT2D eigenvalue weighted by Crippen LogP contribution is 2.22. The molecule has 3 rings (SSSR count). The lowest BCUT2D eigenvalue weighted by Crippen LogP contribution is -2.40. The number of carbonyl (C=O) groups is 2. The van der Waals surface area contributed by atoms with Gasteiger partial charge in [-0.05, 0) is 35.2 Å². The van der Waals surface area contributed by atoms with Crippen molar-refractivity contribution in [2.24, 2.45) is 5.92 Å². The van der Waals surface area contributed by atoms with E-state index < -0.39 is 32.7 Å². The summed E-state index contributed by atoms with van der Waals surface area (Å²) in [5.74, 6) is -4.43. The maximum absolute atomic E-state index is 12.7. The average Bonchev–Trinajstić information content (AvgIpc) is 2.78. The third kappa shape index (κ3) is 5.35. The number of hydrogen-bond acceptors (Lipinski definition) is 6. The smallest absolute Gasteiger partial charge is 0.316 e. The summed E-state index contributed by atoms with van der Waals surface area (Å²) in [7, 11) is -4.33. The van der Waals surface area contributed by atoms with E-state index in [4.69, 9.17) is 0 Å². The van der Waals surface area contributed by atoms with Crippen molar-refractivity contribution < 1.29 is 28.0 Å². The molecule has 0 aliphatic rings. The molecular weight excluding hydrogens is 436 g/mol. The molecule has 0 saturated heterocycles. The van der Waals surface area contributed by atoms with E-state index in [2.05, 4.69) is 0 Å². The van der Waals surface area contributed by atoms with Crippen LogP contribution in [-0.4, -0.2) is 30.3 Å². The summed E-state index contributed by atoms with van der Waals surface area (Å²) in [6.45, 7) is 0. The minimum absolute atomic E-state index is 0.188. The second-order valence-corrected chi connectivity index (χ2v) is 8.56. The number of non-ortho nitro benzene ring substituents is 1. The Bertz CT molecular complexity index is 1260. The number of nitro benzene ring substituents is 1. The van der Waals surface area contributed by atoms with Crippen LogP contribution in [0.1, 0.15) is 5.56 Å². The van der Waals surface area contributed by atoms with Crippen molar-refractivity contribution in [1.29, 1.82) is 0 Å². The maximum atomic E-state index is 12.7. The van der Waals surface area contributed by atoms with Crippen LogP contribution >= 0.6 is 0 Å². The van der Waals surface area contributed by atoms with Gasteiger partial charge < -0.3 is 5.11 Å². The third-order valence-corrected chi connectivity index (χ3v) is 6.03. The molecular formula is C22H18N2O7S. The van der Waals surface area contributed by atoms with Crippen molar-refractivity contribution in [2.45, 2.75) is 11.3 Å². The van der Waals surface area contributed by atoms with Crippen LogP contribution in [0.15, 0.2) is 83.8 Å². The van der Waals surface area contributed by atoms with E-state index in [-0.39, 0.29) is 17.0 Å². The molecule has 3 aromatic rings. The van der Waals surface area contributed by atoms with E-state index >= 15 is 0 Å². The molecule has 9 nitrogen and oxygen atoms in total. The summed E-state index contributed by atoms with van der Waals surface area (Å²) in [4.78, 5) is 34.1. The van der Waals surface area contributed by atoms with E-state index in [0.29, 0.717) is 11.1 Å². The Labute approximate surface area is 183 Å². The van der Waals surface area contributed by atoms with Gasteiger partial charge in [0.05, 0.1) is 9.82 Å². The van der Waals surface area contributed by atoms with Crippen LogP contribution < -0.4 is 4.72 Å². The molecule has 1 atom stereocenters. The third-order valence-electron chi connectivity index (χ3n) is 4.69. The van der Waals surface area contributed by atoms with Crippen molar-refractivity contribution in [3.8, 4) is 11.1 Å². The van der Waals surface area contributed by atoms with Crippen LogP contribution in [0, 0.1) is 16.0 Å². The summed E-state index contributed by atoms with van der Waals surface area (Å²) in [6, 6.07) is 19.9. The topological polar surface area (TPSA) is 144 Å². The van der Waals surface area contributed by atoms with Gasteiger partial charge in [0.1, 0.15) is 5.92 Å². The van der Waals surface area contributed by atoms with E-state index in [1.165, 1.54) is 42.5 Å². The summed E-state index contributed by atoms with van der Waals surface area (Å²) in [5.41, 5.74) is 1.53. The fourth-order valence-electron chi connectivity index (χ4n) is 3.02. The molecule has 0 fully saturated rings. The molecule has 0 heterocycles. The molecule has 1 amide bonds. The fourth-order valence-corrected chi connectivity index (χ4v) is 4.08. The fraction of sp³-hybridized carbons (Fsp3) is 0.0909. The number of aliphatic carboxylic acids is 1. The number of sulfonamides is 1. The highest BCUT2D eigenvalue weighted by molar-refractivity contribution is 7.90. The second kappa shape index (κ2) is 9.40. The first-order chi connectivity index (χ1) is 15.2. The number of nitrogens with one attached hydrogen (secondary N) is 1. The molecule has 3 aromatic carbocycles. The van der Waals surface area contributed by atoms with Crippen LogP contribution in [0.5, 0.6) is 0 Å². The monoisotopic (exact) mass is 454 g/mol. The standard InChI is InChI=1S/C22H18N2O7S/c25-21(20(22(26)27)13-15-9-11-18(12-10-15)24(28)29)23-32(30,31)19-8-4-7-17(14-19)16-5-2-1-3-6-16/h1-12,14,20H,13H2,(H,23,25)(H,26,27). The first kappa shape index (κ1) is 22.6. The highest BCUT2D eigenvalue weighted by atomic mass is 32.2. The molecule has 32 heavy (non-hydrogen) atoms. The largest absolute Gasteiger partial charge is 0.481 e. The Morgan fingerprint density at radius 2 is 1.56 bits per heavy atom. The summed E-state index contributed by atoms with van der Waals surface area (Å²) in [5, 5.41) is 20.2. The quantitative estimate of drug-likeness (QED) is 0.302. The van der Waals surface area contributed by atoms with Crippen LogP contribution in [0.2, 0.25) is 0 Å². The van der Waals surface area contributed by atoms with Gasteiger partial charge in [0.2, 0.25) is 5.91 Å². The van der Waals surface area contributed by atoms with Gasteiger partial charge in [-0.3, -0.25) is 19.7 Å². The number of carboxylic acids is 1.